The standard InChI is InChI=1S/C5H11NO2S/c1-2-8-5(6)9-4-3-7/h6-7H,2-4H2,1H3. The lowest BCUT2D eigenvalue weighted by Gasteiger charge is -2.00. The van der Waals surface area contributed by atoms with Crippen molar-refractivity contribution in [2.75, 3.05) is 19.0 Å². The maximum atomic E-state index is 8.31. The van der Waals surface area contributed by atoms with Crippen LogP contribution in [0.2, 0.25) is 0 Å². The predicted molar refractivity (Wildman–Crippen MR) is 38.9 cm³/mol. The number of rotatable bonds is 3. The van der Waals surface area contributed by atoms with Crippen LogP contribution in [0.3, 0.4) is 0 Å². The summed E-state index contributed by atoms with van der Waals surface area (Å²) in [6.45, 7) is 2.45. The first kappa shape index (κ1) is 8.78. The quantitative estimate of drug-likeness (QED) is 0.458. The maximum absolute atomic E-state index is 8.31. The second-order valence-corrected chi connectivity index (χ2v) is 2.36. The SMILES string of the molecule is CCOC(=N)SCCO. The Morgan fingerprint density at radius 2 is 2.44 bits per heavy atom. The van der Waals surface area contributed by atoms with E-state index in [1.54, 1.807) is 0 Å². The predicted octanol–water partition coefficient (Wildman–Crippen LogP) is 0.683. The van der Waals surface area contributed by atoms with E-state index >= 15 is 0 Å². The molecule has 9 heavy (non-hydrogen) atoms. The molecule has 0 aliphatic carbocycles. The second-order valence-electron chi connectivity index (χ2n) is 1.29. The summed E-state index contributed by atoms with van der Waals surface area (Å²) in [5.74, 6) is 0.541. The highest BCUT2D eigenvalue weighted by Crippen LogP contribution is 2.01. The van der Waals surface area contributed by atoms with Gasteiger partial charge in [0.1, 0.15) is 0 Å². The highest BCUT2D eigenvalue weighted by molar-refractivity contribution is 8.13. The molecule has 0 fully saturated rings. The number of hydrogen-bond acceptors (Lipinski definition) is 4. The smallest absolute Gasteiger partial charge is 0.242 e. The first-order valence-electron chi connectivity index (χ1n) is 2.76. The molecule has 0 saturated carbocycles. The van der Waals surface area contributed by atoms with Crippen molar-refractivity contribution in [2.24, 2.45) is 0 Å². The number of thioether (sulfide) groups is 1. The first-order valence-corrected chi connectivity index (χ1v) is 3.74. The van der Waals surface area contributed by atoms with Gasteiger partial charge >= 0.3 is 0 Å². The van der Waals surface area contributed by atoms with Crippen LogP contribution in [-0.2, 0) is 4.74 Å². The fraction of sp³-hybridized carbons (Fsp3) is 0.800. The third kappa shape index (κ3) is 5.65. The lowest BCUT2D eigenvalue weighted by atomic mass is 10.9. The van der Waals surface area contributed by atoms with E-state index in [0.717, 1.165) is 0 Å². The largest absolute Gasteiger partial charge is 0.474 e. The van der Waals surface area contributed by atoms with E-state index in [1.807, 2.05) is 6.92 Å². The van der Waals surface area contributed by atoms with Crippen LogP contribution in [-0.4, -0.2) is 29.3 Å². The molecule has 0 aromatic carbocycles. The van der Waals surface area contributed by atoms with Crippen molar-refractivity contribution in [2.45, 2.75) is 6.92 Å². The van der Waals surface area contributed by atoms with Gasteiger partial charge in [-0.15, -0.1) is 0 Å². The molecule has 0 rings (SSSR count). The highest BCUT2D eigenvalue weighted by atomic mass is 32.2. The Labute approximate surface area is 58.9 Å². The van der Waals surface area contributed by atoms with Gasteiger partial charge in [0.15, 0.2) is 0 Å². The lowest BCUT2D eigenvalue weighted by Crippen LogP contribution is -1.99. The summed E-state index contributed by atoms with van der Waals surface area (Å²) in [7, 11) is 0. The van der Waals surface area contributed by atoms with Crippen molar-refractivity contribution in [3.05, 3.63) is 0 Å². The van der Waals surface area contributed by atoms with E-state index in [-0.39, 0.29) is 11.8 Å². The van der Waals surface area contributed by atoms with Crippen molar-refractivity contribution in [1.82, 2.24) is 0 Å². The number of nitrogens with one attached hydrogen (secondary N) is 1. The average Bonchev–Trinajstić information content (AvgIpc) is 1.85. The fourth-order valence-electron chi connectivity index (χ4n) is 0.311. The molecule has 2 N–H and O–H groups in total. The lowest BCUT2D eigenvalue weighted by molar-refractivity contribution is 0.320. The summed E-state index contributed by atoms with van der Waals surface area (Å²) in [4.78, 5) is 0. The Bertz CT molecular complexity index is 87.0. The van der Waals surface area contributed by atoms with Crippen LogP contribution >= 0.6 is 11.8 Å². The van der Waals surface area contributed by atoms with Crippen LogP contribution < -0.4 is 0 Å². The highest BCUT2D eigenvalue weighted by Gasteiger charge is 1.93. The van der Waals surface area contributed by atoms with Gasteiger partial charge in [-0.3, -0.25) is 5.41 Å². The minimum Gasteiger partial charge on any atom is -0.474 e. The van der Waals surface area contributed by atoms with Crippen molar-refractivity contribution >= 4 is 17.0 Å². The molecule has 0 saturated heterocycles. The van der Waals surface area contributed by atoms with Gasteiger partial charge in [0, 0.05) is 5.75 Å². The molecule has 54 valence electrons. The zero-order chi connectivity index (χ0) is 7.11. The average molecular weight is 149 g/mol. The Hall–Kier alpha value is -0.220. The maximum Gasteiger partial charge on any atom is 0.242 e. The van der Waals surface area contributed by atoms with Crippen LogP contribution in [0.1, 0.15) is 6.92 Å². The Balaban J connectivity index is 3.06. The van der Waals surface area contributed by atoms with E-state index in [4.69, 9.17) is 15.3 Å². The van der Waals surface area contributed by atoms with Crippen LogP contribution in [0.5, 0.6) is 0 Å². The molecule has 0 aromatic rings. The van der Waals surface area contributed by atoms with Crippen molar-refractivity contribution in [3.63, 3.8) is 0 Å². The zero-order valence-corrected chi connectivity index (χ0v) is 6.20. The van der Waals surface area contributed by atoms with Crippen molar-refractivity contribution < 1.29 is 9.84 Å². The molecule has 0 bridgehead atoms. The summed E-state index contributed by atoms with van der Waals surface area (Å²) < 4.78 is 4.78. The molecule has 0 spiro atoms. The summed E-state index contributed by atoms with van der Waals surface area (Å²) in [6, 6.07) is 0. The Morgan fingerprint density at radius 1 is 1.78 bits per heavy atom. The summed E-state index contributed by atoms with van der Waals surface area (Å²) in [5, 5.41) is 15.5. The number of hydrogen-bond donors (Lipinski definition) is 2. The molecule has 0 radical (unpaired) electrons. The second kappa shape index (κ2) is 5.91. The Morgan fingerprint density at radius 3 is 2.89 bits per heavy atom. The van der Waals surface area contributed by atoms with Gasteiger partial charge in [-0.25, -0.2) is 0 Å². The number of ether oxygens (including phenoxy) is 1. The molecule has 0 aromatic heterocycles. The zero-order valence-electron chi connectivity index (χ0n) is 5.39. The molecule has 0 unspecified atom stereocenters. The van der Waals surface area contributed by atoms with Crippen LogP contribution in [0.15, 0.2) is 0 Å². The third-order valence-electron chi connectivity index (χ3n) is 0.600. The first-order chi connectivity index (χ1) is 4.31. The van der Waals surface area contributed by atoms with E-state index in [9.17, 15) is 0 Å². The minimum atomic E-state index is 0.0973. The fourth-order valence-corrected chi connectivity index (χ4v) is 0.789. The van der Waals surface area contributed by atoms with Gasteiger partial charge in [-0.05, 0) is 6.92 Å². The molecule has 0 amide bonds. The topological polar surface area (TPSA) is 53.3 Å². The van der Waals surface area contributed by atoms with E-state index in [1.165, 1.54) is 11.8 Å². The van der Waals surface area contributed by atoms with Crippen LogP contribution in [0, 0.1) is 5.41 Å². The summed E-state index contributed by atoms with van der Waals surface area (Å²) in [5.41, 5.74) is 0. The van der Waals surface area contributed by atoms with Crippen LogP contribution in [0.4, 0.5) is 0 Å². The van der Waals surface area contributed by atoms with Gasteiger partial charge in [-0.2, -0.15) is 0 Å². The van der Waals surface area contributed by atoms with E-state index in [0.29, 0.717) is 12.4 Å². The van der Waals surface area contributed by atoms with Gasteiger partial charge < -0.3 is 9.84 Å². The van der Waals surface area contributed by atoms with Gasteiger partial charge in [0.05, 0.1) is 13.2 Å². The molecular weight excluding hydrogens is 138 g/mol. The van der Waals surface area contributed by atoms with Crippen molar-refractivity contribution in [3.8, 4) is 0 Å². The molecule has 4 heteroatoms. The van der Waals surface area contributed by atoms with Gasteiger partial charge in [0.25, 0.3) is 0 Å². The van der Waals surface area contributed by atoms with Crippen LogP contribution in [0.25, 0.3) is 0 Å². The van der Waals surface area contributed by atoms with E-state index in [2.05, 4.69) is 0 Å². The molecular formula is C5H11NO2S. The van der Waals surface area contributed by atoms with Crippen molar-refractivity contribution in [1.29, 1.82) is 5.41 Å². The van der Waals surface area contributed by atoms with Gasteiger partial charge in [-0.1, -0.05) is 11.8 Å². The normalized spacial score (nSPS) is 9.11. The molecule has 0 heterocycles. The Kier molecular flexibility index (Phi) is 5.76. The molecule has 0 aliphatic rings. The minimum absolute atomic E-state index is 0.0973. The number of aliphatic hydroxyl groups excluding tert-OH is 1. The summed E-state index contributed by atoms with van der Waals surface area (Å²) >= 11 is 1.21. The number of aliphatic hydroxyl groups is 1. The van der Waals surface area contributed by atoms with Gasteiger partial charge in [0.2, 0.25) is 5.23 Å². The monoisotopic (exact) mass is 149 g/mol. The molecule has 0 atom stereocenters. The molecule has 0 aliphatic heterocycles. The summed E-state index contributed by atoms with van der Waals surface area (Å²) in [6.07, 6.45) is 0. The third-order valence-corrected chi connectivity index (χ3v) is 1.37. The van der Waals surface area contributed by atoms with E-state index < -0.39 is 0 Å². The molecule has 3 nitrogen and oxygen atoms in total.